The Morgan fingerprint density at radius 1 is 1.38 bits per heavy atom. The minimum atomic E-state index is -1.29. The molecule has 116 valence electrons. The van der Waals surface area contributed by atoms with Crippen molar-refractivity contribution in [2.24, 2.45) is 5.73 Å². The Morgan fingerprint density at radius 2 is 2.05 bits per heavy atom. The van der Waals surface area contributed by atoms with Crippen LogP contribution in [0.3, 0.4) is 0 Å². The lowest BCUT2D eigenvalue weighted by Crippen LogP contribution is -2.53. The number of nitrogens with one attached hydrogen (secondary N) is 3. The molecule has 0 spiro atoms. The SMILES string of the molecule is NC(=O)C[C@@H](NC(=O)[C@H]1CCC(=O)N1)C(=O)NCC(=O)O. The van der Waals surface area contributed by atoms with Crippen molar-refractivity contribution in [1.82, 2.24) is 16.0 Å². The van der Waals surface area contributed by atoms with Crippen LogP contribution in [0.1, 0.15) is 19.3 Å². The maximum Gasteiger partial charge on any atom is 0.322 e. The molecule has 0 bridgehead atoms. The molecule has 21 heavy (non-hydrogen) atoms. The van der Waals surface area contributed by atoms with Gasteiger partial charge in [-0.15, -0.1) is 0 Å². The highest BCUT2D eigenvalue weighted by Gasteiger charge is 2.31. The molecule has 1 heterocycles. The standard InChI is InChI=1S/C11H16N4O6/c12-7(16)3-6(10(20)13-4-9(18)19)15-11(21)5-1-2-8(17)14-5/h5-6H,1-4H2,(H2,12,16)(H,13,20)(H,14,17)(H,15,21)(H,18,19)/t5-,6-/m1/s1. The summed E-state index contributed by atoms with van der Waals surface area (Å²) in [5.74, 6) is -3.85. The molecule has 1 aliphatic heterocycles. The molecular weight excluding hydrogens is 284 g/mol. The van der Waals surface area contributed by atoms with Crippen LogP contribution >= 0.6 is 0 Å². The molecule has 1 fully saturated rings. The molecule has 4 amide bonds. The molecule has 1 rings (SSSR count). The predicted octanol–water partition coefficient (Wildman–Crippen LogP) is -3.17. The fraction of sp³-hybridized carbons (Fsp3) is 0.545. The van der Waals surface area contributed by atoms with Gasteiger partial charge in [-0.25, -0.2) is 0 Å². The van der Waals surface area contributed by atoms with Crippen molar-refractivity contribution >= 4 is 29.6 Å². The fourth-order valence-corrected chi connectivity index (χ4v) is 1.78. The van der Waals surface area contributed by atoms with E-state index in [-0.39, 0.29) is 18.7 Å². The highest BCUT2D eigenvalue weighted by Crippen LogP contribution is 2.07. The van der Waals surface area contributed by atoms with Crippen LogP contribution in [0.4, 0.5) is 0 Å². The van der Waals surface area contributed by atoms with E-state index in [1.165, 1.54) is 0 Å². The van der Waals surface area contributed by atoms with Gasteiger partial charge in [-0.05, 0) is 6.42 Å². The average Bonchev–Trinajstić information content (AvgIpc) is 2.81. The molecule has 1 aliphatic rings. The third kappa shape index (κ3) is 5.47. The van der Waals surface area contributed by atoms with E-state index in [1.54, 1.807) is 0 Å². The summed E-state index contributed by atoms with van der Waals surface area (Å²) >= 11 is 0. The molecule has 6 N–H and O–H groups in total. The van der Waals surface area contributed by atoms with Gasteiger partial charge in [-0.3, -0.25) is 24.0 Å². The third-order valence-electron chi connectivity index (χ3n) is 2.76. The van der Waals surface area contributed by atoms with Gasteiger partial charge in [-0.2, -0.15) is 0 Å². The summed E-state index contributed by atoms with van der Waals surface area (Å²) in [5, 5.41) is 15.2. The van der Waals surface area contributed by atoms with Gasteiger partial charge in [0.05, 0.1) is 6.42 Å². The maximum absolute atomic E-state index is 11.9. The number of hydrogen-bond acceptors (Lipinski definition) is 5. The van der Waals surface area contributed by atoms with Gasteiger partial charge < -0.3 is 26.8 Å². The van der Waals surface area contributed by atoms with Crippen molar-refractivity contribution < 1.29 is 29.1 Å². The zero-order valence-corrected chi connectivity index (χ0v) is 11.0. The average molecular weight is 300 g/mol. The normalized spacial score (nSPS) is 18.5. The number of carboxylic acids is 1. The first-order valence-electron chi connectivity index (χ1n) is 6.17. The Bertz CT molecular complexity index is 477. The van der Waals surface area contributed by atoms with Crippen LogP contribution in [0, 0.1) is 0 Å². The highest BCUT2D eigenvalue weighted by molar-refractivity contribution is 5.96. The number of rotatable bonds is 7. The van der Waals surface area contributed by atoms with Crippen LogP contribution < -0.4 is 21.7 Å². The third-order valence-corrected chi connectivity index (χ3v) is 2.76. The van der Waals surface area contributed by atoms with Crippen molar-refractivity contribution in [3.63, 3.8) is 0 Å². The maximum atomic E-state index is 11.9. The van der Waals surface area contributed by atoms with E-state index in [2.05, 4.69) is 10.6 Å². The second kappa shape index (κ2) is 7.22. The fourth-order valence-electron chi connectivity index (χ4n) is 1.78. The summed E-state index contributed by atoms with van der Waals surface area (Å²) in [6.07, 6.45) is 0.00629. The van der Waals surface area contributed by atoms with Crippen LogP contribution in [-0.4, -0.2) is 53.3 Å². The summed E-state index contributed by atoms with van der Waals surface area (Å²) in [7, 11) is 0. The summed E-state index contributed by atoms with van der Waals surface area (Å²) in [5.41, 5.74) is 4.98. The first-order valence-corrected chi connectivity index (χ1v) is 6.17. The largest absolute Gasteiger partial charge is 0.480 e. The Morgan fingerprint density at radius 3 is 2.52 bits per heavy atom. The first kappa shape index (κ1) is 16.4. The minimum absolute atomic E-state index is 0.198. The van der Waals surface area contributed by atoms with E-state index in [0.717, 1.165) is 0 Å². The molecule has 0 aliphatic carbocycles. The van der Waals surface area contributed by atoms with Crippen molar-refractivity contribution in [2.45, 2.75) is 31.3 Å². The van der Waals surface area contributed by atoms with E-state index >= 15 is 0 Å². The van der Waals surface area contributed by atoms with Crippen LogP contribution in [-0.2, 0) is 24.0 Å². The molecule has 0 aromatic rings. The number of carbonyl (C=O) groups excluding carboxylic acids is 4. The summed E-state index contributed by atoms with van der Waals surface area (Å²) in [6.45, 7) is -0.649. The lowest BCUT2D eigenvalue weighted by Gasteiger charge is -2.19. The number of aliphatic carboxylic acids is 1. The van der Waals surface area contributed by atoms with Crippen LogP contribution in [0.2, 0.25) is 0 Å². The lowest BCUT2D eigenvalue weighted by molar-refractivity contribution is -0.138. The zero-order valence-electron chi connectivity index (χ0n) is 11.0. The van der Waals surface area contributed by atoms with Gasteiger partial charge in [0, 0.05) is 6.42 Å². The van der Waals surface area contributed by atoms with E-state index in [1.807, 2.05) is 5.32 Å². The molecule has 2 atom stereocenters. The minimum Gasteiger partial charge on any atom is -0.480 e. The van der Waals surface area contributed by atoms with Gasteiger partial charge in [0.2, 0.25) is 23.6 Å². The number of nitrogens with two attached hydrogens (primary N) is 1. The molecular formula is C11H16N4O6. The van der Waals surface area contributed by atoms with Crippen molar-refractivity contribution in [3.05, 3.63) is 0 Å². The molecule has 0 aromatic carbocycles. The van der Waals surface area contributed by atoms with Gasteiger partial charge in [-0.1, -0.05) is 0 Å². The molecule has 0 unspecified atom stereocenters. The number of hydrogen-bond donors (Lipinski definition) is 5. The molecule has 0 aromatic heterocycles. The monoisotopic (exact) mass is 300 g/mol. The molecule has 10 nitrogen and oxygen atoms in total. The van der Waals surface area contributed by atoms with Crippen LogP contribution in [0.5, 0.6) is 0 Å². The van der Waals surface area contributed by atoms with E-state index < -0.39 is 48.7 Å². The second-order valence-electron chi connectivity index (χ2n) is 4.50. The molecule has 0 saturated carbocycles. The van der Waals surface area contributed by atoms with Crippen molar-refractivity contribution in [3.8, 4) is 0 Å². The van der Waals surface area contributed by atoms with Gasteiger partial charge in [0.25, 0.3) is 0 Å². The van der Waals surface area contributed by atoms with E-state index in [4.69, 9.17) is 10.8 Å². The van der Waals surface area contributed by atoms with Crippen molar-refractivity contribution in [2.75, 3.05) is 6.54 Å². The predicted molar refractivity (Wildman–Crippen MR) is 67.6 cm³/mol. The molecule has 1 saturated heterocycles. The molecule has 0 radical (unpaired) electrons. The summed E-state index contributed by atoms with van der Waals surface area (Å²) in [4.78, 5) is 55.9. The van der Waals surface area contributed by atoms with Gasteiger partial charge in [0.1, 0.15) is 18.6 Å². The van der Waals surface area contributed by atoms with Crippen molar-refractivity contribution in [1.29, 1.82) is 0 Å². The Hall–Kier alpha value is -2.65. The van der Waals surface area contributed by atoms with Crippen LogP contribution in [0.25, 0.3) is 0 Å². The van der Waals surface area contributed by atoms with E-state index in [9.17, 15) is 24.0 Å². The lowest BCUT2D eigenvalue weighted by atomic mass is 10.1. The number of amides is 4. The zero-order chi connectivity index (χ0) is 16.0. The Kier molecular flexibility index (Phi) is 5.64. The Labute approximate surface area is 119 Å². The smallest absolute Gasteiger partial charge is 0.322 e. The van der Waals surface area contributed by atoms with Gasteiger partial charge >= 0.3 is 5.97 Å². The number of primary amides is 1. The Balaban J connectivity index is 2.62. The quantitative estimate of drug-likeness (QED) is 0.332. The summed E-state index contributed by atoms with van der Waals surface area (Å²) < 4.78 is 0. The summed E-state index contributed by atoms with van der Waals surface area (Å²) in [6, 6.07) is -2.06. The second-order valence-corrected chi connectivity index (χ2v) is 4.50. The topological polar surface area (TPSA) is 168 Å². The van der Waals surface area contributed by atoms with E-state index in [0.29, 0.717) is 0 Å². The molecule has 10 heteroatoms. The number of carbonyl (C=O) groups is 5. The highest BCUT2D eigenvalue weighted by atomic mass is 16.4. The van der Waals surface area contributed by atoms with Crippen LogP contribution in [0.15, 0.2) is 0 Å². The number of carboxylic acid groups (broad SMARTS) is 1. The van der Waals surface area contributed by atoms with Gasteiger partial charge in [0.15, 0.2) is 0 Å². The first-order chi connectivity index (χ1) is 9.79.